The Balaban J connectivity index is 2.01. The number of aromatic nitrogens is 2. The molecule has 0 saturated heterocycles. The molecule has 2 N–H and O–H groups in total. The number of nitrogens with one attached hydrogen (secondary N) is 2. The Morgan fingerprint density at radius 3 is 2.95 bits per heavy atom. The van der Waals surface area contributed by atoms with Crippen LogP contribution in [-0.2, 0) is 13.1 Å². The third kappa shape index (κ3) is 3.34. The number of nitrogens with zero attached hydrogens (tertiary/aromatic N) is 2. The van der Waals surface area contributed by atoms with Crippen LogP contribution in [0.5, 0.6) is 0 Å². The van der Waals surface area contributed by atoms with Gasteiger partial charge in [0.25, 0.3) is 5.91 Å². The molecule has 1 aromatic carbocycles. The molecule has 1 aromatic heterocycles. The average Bonchev–Trinajstić information content (AvgIpc) is 2.92. The molecule has 0 atom stereocenters. The zero-order chi connectivity index (χ0) is 13.7. The maximum atomic E-state index is 11.5. The number of hydrogen-bond donors (Lipinski definition) is 2. The number of benzene rings is 1. The van der Waals surface area contributed by atoms with Crippen LogP contribution in [0.1, 0.15) is 22.8 Å². The first-order chi connectivity index (χ1) is 9.22. The Kier molecular flexibility index (Phi) is 4.18. The van der Waals surface area contributed by atoms with Gasteiger partial charge in [0, 0.05) is 43.1 Å². The number of carbonyl (C=O) groups is 1. The molecule has 0 unspecified atom stereocenters. The lowest BCUT2D eigenvalue weighted by atomic mass is 10.2. The standard InChI is InChI=1S/C14H18N4O/c1-3-18-10-11(9-17-18)8-16-13-6-4-5-12(7-13)14(19)15-2/h4-7,9-10,16H,3,8H2,1-2H3,(H,15,19). The fourth-order valence-electron chi connectivity index (χ4n) is 1.79. The van der Waals surface area contributed by atoms with Crippen LogP contribution in [0.25, 0.3) is 0 Å². The quantitative estimate of drug-likeness (QED) is 0.860. The third-order valence-electron chi connectivity index (χ3n) is 2.86. The van der Waals surface area contributed by atoms with Crippen LogP contribution in [0.15, 0.2) is 36.7 Å². The van der Waals surface area contributed by atoms with Gasteiger partial charge in [-0.2, -0.15) is 5.10 Å². The Morgan fingerprint density at radius 2 is 2.26 bits per heavy atom. The summed E-state index contributed by atoms with van der Waals surface area (Å²) >= 11 is 0. The van der Waals surface area contributed by atoms with E-state index in [9.17, 15) is 4.79 Å². The first-order valence-corrected chi connectivity index (χ1v) is 6.30. The maximum absolute atomic E-state index is 11.5. The summed E-state index contributed by atoms with van der Waals surface area (Å²) < 4.78 is 1.89. The maximum Gasteiger partial charge on any atom is 0.251 e. The molecule has 19 heavy (non-hydrogen) atoms. The summed E-state index contributed by atoms with van der Waals surface area (Å²) in [5, 5.41) is 10.1. The van der Waals surface area contributed by atoms with Crippen molar-refractivity contribution >= 4 is 11.6 Å². The van der Waals surface area contributed by atoms with Crippen molar-refractivity contribution in [1.29, 1.82) is 0 Å². The second kappa shape index (κ2) is 6.04. The normalized spacial score (nSPS) is 10.2. The van der Waals surface area contributed by atoms with Crippen LogP contribution >= 0.6 is 0 Å². The van der Waals surface area contributed by atoms with Crippen molar-refractivity contribution in [2.75, 3.05) is 12.4 Å². The summed E-state index contributed by atoms with van der Waals surface area (Å²) in [5.74, 6) is -0.0811. The van der Waals surface area contributed by atoms with E-state index >= 15 is 0 Å². The number of rotatable bonds is 5. The molecular formula is C14H18N4O. The Hall–Kier alpha value is -2.30. The molecule has 5 nitrogen and oxygen atoms in total. The fraction of sp³-hybridized carbons (Fsp3) is 0.286. The van der Waals surface area contributed by atoms with Crippen LogP contribution < -0.4 is 10.6 Å². The summed E-state index contributed by atoms with van der Waals surface area (Å²) in [7, 11) is 1.63. The topological polar surface area (TPSA) is 59.0 Å². The van der Waals surface area contributed by atoms with Crippen LogP contribution in [-0.4, -0.2) is 22.7 Å². The van der Waals surface area contributed by atoms with E-state index in [1.807, 2.05) is 35.3 Å². The highest BCUT2D eigenvalue weighted by Crippen LogP contribution is 2.12. The zero-order valence-corrected chi connectivity index (χ0v) is 11.2. The first kappa shape index (κ1) is 13.1. The van der Waals surface area contributed by atoms with E-state index in [2.05, 4.69) is 22.7 Å². The van der Waals surface area contributed by atoms with E-state index in [-0.39, 0.29) is 5.91 Å². The predicted molar refractivity (Wildman–Crippen MR) is 75.1 cm³/mol. The van der Waals surface area contributed by atoms with Crippen LogP contribution in [0, 0.1) is 0 Å². The Bertz CT molecular complexity index is 562. The van der Waals surface area contributed by atoms with Crippen molar-refractivity contribution in [2.45, 2.75) is 20.0 Å². The first-order valence-electron chi connectivity index (χ1n) is 6.30. The number of hydrogen-bond acceptors (Lipinski definition) is 3. The van der Waals surface area contributed by atoms with Crippen LogP contribution in [0.3, 0.4) is 0 Å². The van der Waals surface area contributed by atoms with Gasteiger partial charge in [0.1, 0.15) is 0 Å². The summed E-state index contributed by atoms with van der Waals surface area (Å²) in [6.45, 7) is 3.61. The van der Waals surface area contributed by atoms with Gasteiger partial charge >= 0.3 is 0 Å². The number of anilines is 1. The Morgan fingerprint density at radius 1 is 1.42 bits per heavy atom. The van der Waals surface area contributed by atoms with Crippen molar-refractivity contribution in [3.05, 3.63) is 47.8 Å². The molecule has 2 rings (SSSR count). The highest BCUT2D eigenvalue weighted by molar-refractivity contribution is 5.94. The van der Waals surface area contributed by atoms with Crippen molar-refractivity contribution in [2.24, 2.45) is 0 Å². The molecule has 0 fully saturated rings. The molecule has 0 saturated carbocycles. The van der Waals surface area contributed by atoms with E-state index in [0.717, 1.165) is 17.8 Å². The second-order valence-electron chi connectivity index (χ2n) is 4.22. The SMILES string of the molecule is CCn1cc(CNc2cccc(C(=O)NC)c2)cn1. The van der Waals surface area contributed by atoms with E-state index < -0.39 is 0 Å². The van der Waals surface area contributed by atoms with Gasteiger partial charge in [-0.05, 0) is 25.1 Å². The minimum absolute atomic E-state index is 0.0811. The molecular weight excluding hydrogens is 240 g/mol. The lowest BCUT2D eigenvalue weighted by molar-refractivity contribution is 0.0963. The highest BCUT2D eigenvalue weighted by atomic mass is 16.1. The van der Waals surface area contributed by atoms with E-state index in [1.165, 1.54) is 0 Å². The number of aryl methyl sites for hydroxylation is 1. The smallest absolute Gasteiger partial charge is 0.251 e. The fourth-order valence-corrected chi connectivity index (χ4v) is 1.79. The van der Waals surface area contributed by atoms with Gasteiger partial charge in [-0.25, -0.2) is 0 Å². The Labute approximate surface area is 112 Å². The molecule has 5 heteroatoms. The number of amides is 1. The van der Waals surface area contributed by atoms with Crippen molar-refractivity contribution in [3.8, 4) is 0 Å². The minimum Gasteiger partial charge on any atom is -0.381 e. The molecule has 1 heterocycles. The lowest BCUT2D eigenvalue weighted by Gasteiger charge is -2.06. The van der Waals surface area contributed by atoms with Gasteiger partial charge in [0.05, 0.1) is 6.20 Å². The molecule has 100 valence electrons. The van der Waals surface area contributed by atoms with Crippen LogP contribution in [0.2, 0.25) is 0 Å². The molecule has 0 aliphatic rings. The van der Waals surface area contributed by atoms with Crippen molar-refractivity contribution in [1.82, 2.24) is 15.1 Å². The van der Waals surface area contributed by atoms with Gasteiger partial charge in [0.15, 0.2) is 0 Å². The molecule has 2 aromatic rings. The largest absolute Gasteiger partial charge is 0.381 e. The van der Waals surface area contributed by atoms with Gasteiger partial charge in [-0.1, -0.05) is 6.07 Å². The predicted octanol–water partition coefficient (Wildman–Crippen LogP) is 1.87. The van der Waals surface area contributed by atoms with Crippen molar-refractivity contribution < 1.29 is 4.79 Å². The highest BCUT2D eigenvalue weighted by Gasteiger charge is 2.03. The zero-order valence-electron chi connectivity index (χ0n) is 11.2. The summed E-state index contributed by atoms with van der Waals surface area (Å²) in [6, 6.07) is 7.43. The van der Waals surface area contributed by atoms with E-state index in [0.29, 0.717) is 12.1 Å². The van der Waals surface area contributed by atoms with E-state index in [1.54, 1.807) is 13.1 Å². The van der Waals surface area contributed by atoms with Gasteiger partial charge < -0.3 is 10.6 Å². The van der Waals surface area contributed by atoms with E-state index in [4.69, 9.17) is 0 Å². The summed E-state index contributed by atoms with van der Waals surface area (Å²) in [6.07, 6.45) is 3.86. The molecule has 0 aliphatic heterocycles. The molecule has 0 radical (unpaired) electrons. The monoisotopic (exact) mass is 258 g/mol. The van der Waals surface area contributed by atoms with Crippen molar-refractivity contribution in [3.63, 3.8) is 0 Å². The van der Waals surface area contributed by atoms with Gasteiger partial charge in [-0.3, -0.25) is 9.48 Å². The van der Waals surface area contributed by atoms with Crippen LogP contribution in [0.4, 0.5) is 5.69 Å². The summed E-state index contributed by atoms with van der Waals surface area (Å²) in [4.78, 5) is 11.5. The summed E-state index contributed by atoms with van der Waals surface area (Å²) in [5.41, 5.74) is 2.69. The third-order valence-corrected chi connectivity index (χ3v) is 2.86. The second-order valence-corrected chi connectivity index (χ2v) is 4.22. The van der Waals surface area contributed by atoms with Gasteiger partial charge in [0.2, 0.25) is 0 Å². The molecule has 1 amide bonds. The lowest BCUT2D eigenvalue weighted by Crippen LogP contribution is -2.17. The molecule has 0 aliphatic carbocycles. The average molecular weight is 258 g/mol. The molecule has 0 bridgehead atoms. The van der Waals surface area contributed by atoms with Gasteiger partial charge in [-0.15, -0.1) is 0 Å². The number of carbonyl (C=O) groups excluding carboxylic acids is 1. The molecule has 0 spiro atoms. The minimum atomic E-state index is -0.0811.